The molecule has 0 aliphatic heterocycles. The number of halogens is 1. The Hall–Kier alpha value is -1.50. The van der Waals surface area contributed by atoms with Crippen LogP contribution in [0.1, 0.15) is 22.6 Å². The van der Waals surface area contributed by atoms with Crippen LogP contribution in [0.3, 0.4) is 0 Å². The van der Waals surface area contributed by atoms with E-state index >= 15 is 0 Å². The maximum atomic E-state index is 5.54. The summed E-state index contributed by atoms with van der Waals surface area (Å²) in [4.78, 5) is 6.45. The van der Waals surface area contributed by atoms with Gasteiger partial charge >= 0.3 is 0 Å². The molecule has 1 heterocycles. The molecule has 0 saturated carbocycles. The summed E-state index contributed by atoms with van der Waals surface area (Å²) in [6, 6.07) is 12.4. The number of nitrogens with zero attached hydrogens (tertiary/aromatic N) is 2. The van der Waals surface area contributed by atoms with Gasteiger partial charge in [0.05, 0.1) is 0 Å². The quantitative estimate of drug-likeness (QED) is 0.472. The van der Waals surface area contributed by atoms with E-state index in [9.17, 15) is 0 Å². The fourth-order valence-electron chi connectivity index (χ4n) is 2.35. The first-order chi connectivity index (χ1) is 10.1. The molecule has 120 valence electrons. The SMILES string of the molecule is CN=C(NCc1cc(C)oc1C)N(C)Cc1ccccc1.I. The van der Waals surface area contributed by atoms with Gasteiger partial charge in [-0.05, 0) is 25.5 Å². The first-order valence-electron chi connectivity index (χ1n) is 7.11. The van der Waals surface area contributed by atoms with E-state index in [0.717, 1.165) is 30.6 Å². The van der Waals surface area contributed by atoms with Gasteiger partial charge in [-0.1, -0.05) is 30.3 Å². The zero-order valence-electron chi connectivity index (χ0n) is 13.6. The van der Waals surface area contributed by atoms with Crippen LogP contribution in [0.25, 0.3) is 0 Å². The van der Waals surface area contributed by atoms with Gasteiger partial charge in [0, 0.05) is 32.7 Å². The molecule has 4 nitrogen and oxygen atoms in total. The molecule has 0 atom stereocenters. The number of guanidine groups is 1. The Labute approximate surface area is 149 Å². The van der Waals surface area contributed by atoms with Crippen molar-refractivity contribution in [2.24, 2.45) is 4.99 Å². The fourth-order valence-corrected chi connectivity index (χ4v) is 2.35. The number of nitrogens with one attached hydrogen (secondary N) is 1. The molecule has 0 fully saturated rings. The molecule has 1 aromatic heterocycles. The van der Waals surface area contributed by atoms with Gasteiger partial charge in [0.15, 0.2) is 5.96 Å². The molecular formula is C17H24IN3O. The van der Waals surface area contributed by atoms with Gasteiger partial charge in [-0.3, -0.25) is 4.99 Å². The van der Waals surface area contributed by atoms with Gasteiger partial charge in [-0.15, -0.1) is 24.0 Å². The smallest absolute Gasteiger partial charge is 0.193 e. The van der Waals surface area contributed by atoms with E-state index < -0.39 is 0 Å². The van der Waals surface area contributed by atoms with E-state index in [-0.39, 0.29) is 24.0 Å². The van der Waals surface area contributed by atoms with E-state index in [1.807, 2.05) is 27.0 Å². The topological polar surface area (TPSA) is 40.8 Å². The number of benzene rings is 1. The van der Waals surface area contributed by atoms with Gasteiger partial charge in [-0.2, -0.15) is 0 Å². The summed E-state index contributed by atoms with van der Waals surface area (Å²) in [5.41, 5.74) is 2.43. The van der Waals surface area contributed by atoms with Crippen LogP contribution in [-0.2, 0) is 13.1 Å². The van der Waals surface area contributed by atoms with Crippen molar-refractivity contribution < 1.29 is 4.42 Å². The third kappa shape index (κ3) is 5.05. The summed E-state index contributed by atoms with van der Waals surface area (Å²) in [5.74, 6) is 2.77. The Morgan fingerprint density at radius 1 is 1.23 bits per heavy atom. The molecule has 5 heteroatoms. The first-order valence-corrected chi connectivity index (χ1v) is 7.11. The van der Waals surface area contributed by atoms with Gasteiger partial charge in [0.1, 0.15) is 11.5 Å². The van der Waals surface area contributed by atoms with Crippen molar-refractivity contribution in [3.63, 3.8) is 0 Å². The standard InChI is InChI=1S/C17H23N3O.HI/c1-13-10-16(14(2)21-13)11-19-17(18-3)20(4)12-15-8-6-5-7-9-15;/h5-10H,11-12H2,1-4H3,(H,18,19);1H. The number of hydrogen-bond acceptors (Lipinski definition) is 2. The third-order valence-electron chi connectivity index (χ3n) is 3.42. The van der Waals surface area contributed by atoms with Crippen molar-refractivity contribution in [3.05, 3.63) is 59.0 Å². The van der Waals surface area contributed by atoms with Gasteiger partial charge in [0.2, 0.25) is 0 Å². The fraction of sp³-hybridized carbons (Fsp3) is 0.353. The highest BCUT2D eigenvalue weighted by atomic mass is 127. The zero-order valence-corrected chi connectivity index (χ0v) is 15.9. The highest BCUT2D eigenvalue weighted by Gasteiger charge is 2.09. The summed E-state index contributed by atoms with van der Waals surface area (Å²) in [5, 5.41) is 3.38. The summed E-state index contributed by atoms with van der Waals surface area (Å²) < 4.78 is 5.54. The van der Waals surface area contributed by atoms with Crippen LogP contribution in [0.5, 0.6) is 0 Å². The molecule has 0 amide bonds. The van der Waals surface area contributed by atoms with E-state index in [1.54, 1.807) is 7.05 Å². The highest BCUT2D eigenvalue weighted by Crippen LogP contribution is 2.13. The summed E-state index contributed by atoms with van der Waals surface area (Å²) in [7, 11) is 3.84. The van der Waals surface area contributed by atoms with Crippen molar-refractivity contribution in [2.75, 3.05) is 14.1 Å². The van der Waals surface area contributed by atoms with Crippen LogP contribution in [0.15, 0.2) is 45.8 Å². The molecule has 0 aliphatic carbocycles. The minimum Gasteiger partial charge on any atom is -0.466 e. The maximum Gasteiger partial charge on any atom is 0.193 e. The predicted molar refractivity (Wildman–Crippen MR) is 102 cm³/mol. The van der Waals surface area contributed by atoms with Crippen LogP contribution in [-0.4, -0.2) is 25.0 Å². The average molecular weight is 413 g/mol. The van der Waals surface area contributed by atoms with E-state index in [0.29, 0.717) is 0 Å². The lowest BCUT2D eigenvalue weighted by molar-refractivity contribution is 0.474. The molecule has 0 bridgehead atoms. The second-order valence-electron chi connectivity index (χ2n) is 5.18. The van der Waals surface area contributed by atoms with E-state index in [4.69, 9.17) is 4.42 Å². The van der Waals surface area contributed by atoms with Crippen LogP contribution in [0, 0.1) is 13.8 Å². The lowest BCUT2D eigenvalue weighted by Crippen LogP contribution is -2.38. The number of hydrogen-bond donors (Lipinski definition) is 1. The predicted octanol–water partition coefficient (Wildman–Crippen LogP) is 3.72. The molecule has 2 rings (SSSR count). The van der Waals surface area contributed by atoms with Crippen molar-refractivity contribution >= 4 is 29.9 Å². The molecule has 22 heavy (non-hydrogen) atoms. The molecular weight excluding hydrogens is 389 g/mol. The summed E-state index contributed by atoms with van der Waals surface area (Å²) >= 11 is 0. The van der Waals surface area contributed by atoms with Crippen molar-refractivity contribution in [2.45, 2.75) is 26.9 Å². The Morgan fingerprint density at radius 2 is 1.91 bits per heavy atom. The largest absolute Gasteiger partial charge is 0.466 e. The van der Waals surface area contributed by atoms with E-state index in [2.05, 4.69) is 45.5 Å². The third-order valence-corrected chi connectivity index (χ3v) is 3.42. The van der Waals surface area contributed by atoms with Crippen LogP contribution in [0.4, 0.5) is 0 Å². The summed E-state index contributed by atoms with van der Waals surface area (Å²) in [6.45, 7) is 5.49. The average Bonchev–Trinajstić information content (AvgIpc) is 2.79. The molecule has 0 saturated heterocycles. The Balaban J connectivity index is 0.00000242. The zero-order chi connectivity index (χ0) is 15.2. The molecule has 0 aliphatic rings. The molecule has 2 aromatic rings. The molecule has 0 spiro atoms. The van der Waals surface area contributed by atoms with E-state index in [1.165, 1.54) is 11.1 Å². The second-order valence-corrected chi connectivity index (χ2v) is 5.18. The first kappa shape index (κ1) is 18.5. The Morgan fingerprint density at radius 3 is 2.45 bits per heavy atom. The van der Waals surface area contributed by atoms with Crippen molar-refractivity contribution in [1.29, 1.82) is 0 Å². The monoisotopic (exact) mass is 413 g/mol. The van der Waals surface area contributed by atoms with Crippen molar-refractivity contribution in [3.8, 4) is 0 Å². The van der Waals surface area contributed by atoms with Gasteiger partial charge in [-0.25, -0.2) is 0 Å². The maximum absolute atomic E-state index is 5.54. The Kier molecular flexibility index (Phi) is 7.44. The minimum atomic E-state index is 0. The lowest BCUT2D eigenvalue weighted by Gasteiger charge is -2.22. The normalized spacial score (nSPS) is 11.0. The lowest BCUT2D eigenvalue weighted by atomic mass is 10.2. The molecule has 1 N–H and O–H groups in total. The van der Waals surface area contributed by atoms with Crippen molar-refractivity contribution in [1.82, 2.24) is 10.2 Å². The number of aryl methyl sites for hydroxylation is 2. The molecule has 0 unspecified atom stereocenters. The van der Waals surface area contributed by atoms with Gasteiger partial charge in [0.25, 0.3) is 0 Å². The Bertz CT molecular complexity index is 608. The highest BCUT2D eigenvalue weighted by molar-refractivity contribution is 14.0. The second kappa shape index (κ2) is 8.82. The minimum absolute atomic E-state index is 0. The van der Waals surface area contributed by atoms with Gasteiger partial charge < -0.3 is 14.6 Å². The number of aliphatic imine (C=N–C) groups is 1. The molecule has 1 aromatic carbocycles. The van der Waals surface area contributed by atoms with Crippen LogP contribution in [0.2, 0.25) is 0 Å². The molecule has 0 radical (unpaired) electrons. The van der Waals surface area contributed by atoms with Crippen LogP contribution >= 0.6 is 24.0 Å². The van der Waals surface area contributed by atoms with Crippen LogP contribution < -0.4 is 5.32 Å². The number of furan rings is 1. The number of rotatable bonds is 4. The summed E-state index contributed by atoms with van der Waals surface area (Å²) in [6.07, 6.45) is 0.